The van der Waals surface area contributed by atoms with Crippen molar-refractivity contribution in [2.75, 3.05) is 31.1 Å². The Morgan fingerprint density at radius 3 is 2.35 bits per heavy atom. The molecule has 0 unspecified atom stereocenters. The van der Waals surface area contributed by atoms with Crippen LogP contribution in [0.1, 0.15) is 17.1 Å². The average Bonchev–Trinajstić information content (AvgIpc) is 3.09. The highest BCUT2D eigenvalue weighted by atomic mass is 19.4. The number of piperazine rings is 1. The lowest BCUT2D eigenvalue weighted by Crippen LogP contribution is -2.49. The van der Waals surface area contributed by atoms with Crippen molar-refractivity contribution in [2.24, 2.45) is 5.73 Å². The number of rotatable bonds is 4. The van der Waals surface area contributed by atoms with Crippen molar-refractivity contribution in [1.29, 1.82) is 0 Å². The van der Waals surface area contributed by atoms with Gasteiger partial charge in [0, 0.05) is 32.4 Å². The summed E-state index contributed by atoms with van der Waals surface area (Å²) in [6.07, 6.45) is -3.40. The zero-order valence-electron chi connectivity index (χ0n) is 14.0. The molecule has 1 aliphatic rings. The molecule has 2 N–H and O–H groups in total. The molecule has 1 fully saturated rings. The number of carbonyl (C=O) groups excluding carboxylic acids is 1. The maximum Gasteiger partial charge on any atom is 0.417 e. The van der Waals surface area contributed by atoms with E-state index < -0.39 is 11.7 Å². The highest BCUT2D eigenvalue weighted by Gasteiger charge is 2.31. The van der Waals surface area contributed by atoms with Crippen LogP contribution in [0, 0.1) is 0 Å². The molecule has 0 bridgehead atoms. The first-order chi connectivity index (χ1) is 12.4. The van der Waals surface area contributed by atoms with Crippen molar-refractivity contribution in [1.82, 2.24) is 9.88 Å². The SMILES string of the molecule is NCc1ccc(CC(=O)N2CCN(c3ccc(C(F)(F)F)cn3)CC2)o1. The number of nitrogens with zero attached hydrogens (tertiary/aromatic N) is 3. The van der Waals surface area contributed by atoms with Crippen molar-refractivity contribution < 1.29 is 22.4 Å². The standard InChI is InChI=1S/C17H19F3N4O2/c18-17(19,20)12-1-4-15(22-11-12)23-5-7-24(8-6-23)16(25)9-13-2-3-14(10-21)26-13/h1-4,11H,5-10,21H2. The van der Waals surface area contributed by atoms with Crippen LogP contribution in [-0.2, 0) is 23.9 Å². The number of halogens is 3. The third-order valence-electron chi connectivity index (χ3n) is 4.28. The predicted octanol–water partition coefficient (Wildman–Crippen LogP) is 2.04. The number of nitrogens with two attached hydrogens (primary N) is 1. The van der Waals surface area contributed by atoms with Crippen LogP contribution in [0.2, 0.25) is 0 Å². The van der Waals surface area contributed by atoms with Gasteiger partial charge in [-0.3, -0.25) is 4.79 Å². The number of amides is 1. The molecule has 9 heteroatoms. The highest BCUT2D eigenvalue weighted by Crippen LogP contribution is 2.29. The molecule has 1 saturated heterocycles. The lowest BCUT2D eigenvalue weighted by Gasteiger charge is -2.35. The lowest BCUT2D eigenvalue weighted by molar-refractivity contribution is -0.137. The van der Waals surface area contributed by atoms with Gasteiger partial charge in [-0.15, -0.1) is 0 Å². The summed E-state index contributed by atoms with van der Waals surface area (Å²) < 4.78 is 43.2. The van der Waals surface area contributed by atoms with Crippen LogP contribution in [0.25, 0.3) is 0 Å². The molecule has 140 valence electrons. The summed E-state index contributed by atoms with van der Waals surface area (Å²) in [6, 6.07) is 5.86. The predicted molar refractivity (Wildman–Crippen MR) is 88.3 cm³/mol. The van der Waals surface area contributed by atoms with Crippen LogP contribution in [0.15, 0.2) is 34.9 Å². The summed E-state index contributed by atoms with van der Waals surface area (Å²) in [7, 11) is 0. The van der Waals surface area contributed by atoms with E-state index in [1.807, 2.05) is 4.90 Å². The average molecular weight is 368 g/mol. The Labute approximate surface area is 148 Å². The normalized spacial score (nSPS) is 15.4. The van der Waals surface area contributed by atoms with E-state index in [-0.39, 0.29) is 18.9 Å². The van der Waals surface area contributed by atoms with E-state index in [9.17, 15) is 18.0 Å². The number of anilines is 1. The number of pyridine rings is 1. The molecule has 3 rings (SSSR count). The second-order valence-corrected chi connectivity index (χ2v) is 6.02. The fourth-order valence-electron chi connectivity index (χ4n) is 2.81. The second-order valence-electron chi connectivity index (χ2n) is 6.02. The van der Waals surface area contributed by atoms with Crippen LogP contribution in [0.5, 0.6) is 0 Å². The van der Waals surface area contributed by atoms with Gasteiger partial charge in [0.25, 0.3) is 0 Å². The molecule has 1 amide bonds. The first-order valence-electron chi connectivity index (χ1n) is 8.20. The fraction of sp³-hybridized carbons (Fsp3) is 0.412. The molecular weight excluding hydrogens is 349 g/mol. The fourth-order valence-corrected chi connectivity index (χ4v) is 2.81. The van der Waals surface area contributed by atoms with Gasteiger partial charge in [0.05, 0.1) is 18.5 Å². The maximum atomic E-state index is 12.6. The zero-order chi connectivity index (χ0) is 18.7. The molecule has 26 heavy (non-hydrogen) atoms. The summed E-state index contributed by atoms with van der Waals surface area (Å²) in [5.74, 6) is 1.62. The molecule has 2 aromatic rings. The van der Waals surface area contributed by atoms with Gasteiger partial charge >= 0.3 is 6.18 Å². The molecular formula is C17H19F3N4O2. The number of alkyl halides is 3. The van der Waals surface area contributed by atoms with Crippen molar-refractivity contribution in [3.05, 3.63) is 47.5 Å². The van der Waals surface area contributed by atoms with Crippen molar-refractivity contribution in [2.45, 2.75) is 19.1 Å². The van der Waals surface area contributed by atoms with E-state index in [0.717, 1.165) is 12.3 Å². The molecule has 0 saturated carbocycles. The third kappa shape index (κ3) is 4.16. The van der Waals surface area contributed by atoms with E-state index in [1.165, 1.54) is 6.07 Å². The van der Waals surface area contributed by atoms with Gasteiger partial charge in [-0.05, 0) is 24.3 Å². The molecule has 0 atom stereocenters. The first kappa shape index (κ1) is 18.2. The Balaban J connectivity index is 1.54. The Morgan fingerprint density at radius 2 is 1.81 bits per heavy atom. The molecule has 0 spiro atoms. The van der Waals surface area contributed by atoms with Crippen LogP contribution < -0.4 is 10.6 Å². The maximum absolute atomic E-state index is 12.6. The highest BCUT2D eigenvalue weighted by molar-refractivity contribution is 5.78. The Hall–Kier alpha value is -2.55. The minimum absolute atomic E-state index is 0.0528. The number of aromatic nitrogens is 1. The van der Waals surface area contributed by atoms with E-state index >= 15 is 0 Å². The molecule has 0 aromatic carbocycles. The van der Waals surface area contributed by atoms with Crippen LogP contribution >= 0.6 is 0 Å². The van der Waals surface area contributed by atoms with Crippen molar-refractivity contribution >= 4 is 11.7 Å². The van der Waals surface area contributed by atoms with Gasteiger partial charge < -0.3 is 20.0 Å². The van der Waals surface area contributed by atoms with Gasteiger partial charge in [-0.1, -0.05) is 0 Å². The molecule has 0 aliphatic carbocycles. The van der Waals surface area contributed by atoms with Gasteiger partial charge in [-0.2, -0.15) is 13.2 Å². The van der Waals surface area contributed by atoms with Crippen LogP contribution in [0.4, 0.5) is 19.0 Å². The molecule has 2 aromatic heterocycles. The second kappa shape index (κ2) is 7.36. The Bertz CT molecular complexity index is 750. The quantitative estimate of drug-likeness (QED) is 0.894. The smallest absolute Gasteiger partial charge is 0.417 e. The molecule has 3 heterocycles. The van der Waals surface area contributed by atoms with Gasteiger partial charge in [0.15, 0.2) is 0 Å². The minimum Gasteiger partial charge on any atom is -0.464 e. The number of furan rings is 1. The Kier molecular flexibility index (Phi) is 5.17. The van der Waals surface area contributed by atoms with E-state index in [1.54, 1.807) is 17.0 Å². The largest absolute Gasteiger partial charge is 0.464 e. The summed E-state index contributed by atoms with van der Waals surface area (Å²) in [5.41, 5.74) is 4.70. The van der Waals surface area contributed by atoms with E-state index in [2.05, 4.69) is 4.98 Å². The number of carbonyl (C=O) groups is 1. The third-order valence-corrected chi connectivity index (χ3v) is 4.28. The van der Waals surface area contributed by atoms with Crippen molar-refractivity contribution in [3.63, 3.8) is 0 Å². The van der Waals surface area contributed by atoms with Crippen LogP contribution in [0.3, 0.4) is 0 Å². The summed E-state index contributed by atoms with van der Waals surface area (Å²) in [5, 5.41) is 0. The Morgan fingerprint density at radius 1 is 1.12 bits per heavy atom. The van der Waals surface area contributed by atoms with Crippen molar-refractivity contribution in [3.8, 4) is 0 Å². The summed E-state index contributed by atoms with van der Waals surface area (Å²) in [6.45, 7) is 2.26. The minimum atomic E-state index is -4.40. The summed E-state index contributed by atoms with van der Waals surface area (Å²) in [4.78, 5) is 19.8. The molecule has 0 radical (unpaired) electrons. The monoisotopic (exact) mass is 368 g/mol. The molecule has 6 nitrogen and oxygen atoms in total. The topological polar surface area (TPSA) is 75.6 Å². The van der Waals surface area contributed by atoms with Crippen LogP contribution in [-0.4, -0.2) is 42.0 Å². The van der Waals surface area contributed by atoms with Gasteiger partial charge in [0.1, 0.15) is 17.3 Å². The van der Waals surface area contributed by atoms with E-state index in [0.29, 0.717) is 43.5 Å². The van der Waals surface area contributed by atoms with Gasteiger partial charge in [-0.25, -0.2) is 4.98 Å². The summed E-state index contributed by atoms with van der Waals surface area (Å²) >= 11 is 0. The zero-order valence-corrected chi connectivity index (χ0v) is 14.0. The number of hydrogen-bond acceptors (Lipinski definition) is 5. The van der Waals surface area contributed by atoms with E-state index in [4.69, 9.17) is 10.2 Å². The molecule has 1 aliphatic heterocycles. The lowest BCUT2D eigenvalue weighted by atomic mass is 10.2. The first-order valence-corrected chi connectivity index (χ1v) is 8.20. The van der Waals surface area contributed by atoms with Gasteiger partial charge in [0.2, 0.25) is 5.91 Å². The number of hydrogen-bond donors (Lipinski definition) is 1.